The number of rotatable bonds is 4. The molecule has 0 saturated carbocycles. The molecule has 1 N–H and O–H groups in total. The van der Waals surface area contributed by atoms with Crippen LogP contribution in [0.2, 0.25) is 10.0 Å². The molecule has 3 rings (SSSR count). The van der Waals surface area contributed by atoms with Crippen LogP contribution in [0.25, 0.3) is 0 Å². The van der Waals surface area contributed by atoms with Crippen LogP contribution in [0.3, 0.4) is 0 Å². The first-order chi connectivity index (χ1) is 12.4. The van der Waals surface area contributed by atoms with E-state index < -0.39 is 15.9 Å². The summed E-state index contributed by atoms with van der Waals surface area (Å²) in [5, 5.41) is 3.23. The Hall–Kier alpha value is -1.64. The molecule has 0 radical (unpaired) electrons. The molecule has 1 saturated heterocycles. The van der Waals surface area contributed by atoms with Gasteiger partial charge in [-0.2, -0.15) is 4.31 Å². The summed E-state index contributed by atoms with van der Waals surface area (Å²) in [5.74, 6) is -0.456. The van der Waals surface area contributed by atoms with E-state index in [9.17, 15) is 13.2 Å². The van der Waals surface area contributed by atoms with E-state index in [0.717, 1.165) is 0 Å². The highest BCUT2D eigenvalue weighted by Gasteiger charge is 2.29. The zero-order chi connectivity index (χ0) is 18.7. The normalized spacial score (nSPS) is 15.6. The number of morpholine rings is 1. The molecule has 2 aromatic rings. The van der Waals surface area contributed by atoms with Crippen molar-refractivity contribution in [2.75, 3.05) is 31.6 Å². The molecule has 0 unspecified atom stereocenters. The van der Waals surface area contributed by atoms with Gasteiger partial charge in [-0.1, -0.05) is 29.3 Å². The highest BCUT2D eigenvalue weighted by Crippen LogP contribution is 2.27. The Morgan fingerprint density at radius 2 is 1.81 bits per heavy atom. The second kappa shape index (κ2) is 7.94. The number of benzene rings is 2. The van der Waals surface area contributed by atoms with Gasteiger partial charge in [-0.05, 0) is 36.4 Å². The van der Waals surface area contributed by atoms with Crippen LogP contribution in [0, 0.1) is 0 Å². The van der Waals surface area contributed by atoms with E-state index in [0.29, 0.717) is 23.9 Å². The Morgan fingerprint density at radius 3 is 2.50 bits per heavy atom. The second-order valence-corrected chi connectivity index (χ2v) is 8.38. The number of nitrogens with one attached hydrogen (secondary N) is 1. The summed E-state index contributed by atoms with van der Waals surface area (Å²) in [6.07, 6.45) is 0. The molecule has 0 atom stereocenters. The number of hydrogen-bond donors (Lipinski definition) is 1. The third-order valence-corrected chi connectivity index (χ3v) is 6.48. The summed E-state index contributed by atoms with van der Waals surface area (Å²) in [5.41, 5.74) is 0.691. The summed E-state index contributed by atoms with van der Waals surface area (Å²) in [6, 6.07) is 10.8. The minimum absolute atomic E-state index is 0.0656. The van der Waals surface area contributed by atoms with E-state index in [1.54, 1.807) is 24.3 Å². The first-order valence-corrected chi connectivity index (χ1v) is 10.0. The van der Waals surface area contributed by atoms with E-state index in [2.05, 4.69) is 5.32 Å². The molecular formula is C17H16Cl2N2O4S. The van der Waals surface area contributed by atoms with Gasteiger partial charge in [0, 0.05) is 29.4 Å². The number of halogens is 2. The topological polar surface area (TPSA) is 75.7 Å². The van der Waals surface area contributed by atoms with Crippen molar-refractivity contribution in [1.82, 2.24) is 4.31 Å². The zero-order valence-corrected chi connectivity index (χ0v) is 15.9. The summed E-state index contributed by atoms with van der Waals surface area (Å²) < 4.78 is 32.1. The van der Waals surface area contributed by atoms with Crippen molar-refractivity contribution in [3.05, 3.63) is 58.1 Å². The van der Waals surface area contributed by atoms with Crippen molar-refractivity contribution >= 4 is 44.8 Å². The maximum absolute atomic E-state index is 12.8. The Bertz CT molecular complexity index is 928. The monoisotopic (exact) mass is 414 g/mol. The van der Waals surface area contributed by atoms with Crippen molar-refractivity contribution in [3.8, 4) is 0 Å². The minimum Gasteiger partial charge on any atom is -0.379 e. The molecule has 2 aromatic carbocycles. The van der Waals surface area contributed by atoms with E-state index in [1.165, 1.54) is 22.5 Å². The molecule has 0 bridgehead atoms. The van der Waals surface area contributed by atoms with E-state index >= 15 is 0 Å². The Morgan fingerprint density at radius 1 is 1.08 bits per heavy atom. The van der Waals surface area contributed by atoms with Gasteiger partial charge in [-0.15, -0.1) is 0 Å². The third kappa shape index (κ3) is 4.19. The van der Waals surface area contributed by atoms with Gasteiger partial charge in [-0.3, -0.25) is 4.79 Å². The van der Waals surface area contributed by atoms with Gasteiger partial charge in [0.25, 0.3) is 5.91 Å². The number of amides is 1. The van der Waals surface area contributed by atoms with E-state index in [1.807, 2.05) is 0 Å². The largest absolute Gasteiger partial charge is 0.379 e. The molecule has 138 valence electrons. The number of anilines is 1. The van der Waals surface area contributed by atoms with E-state index in [-0.39, 0.29) is 28.6 Å². The smallest absolute Gasteiger partial charge is 0.255 e. The minimum atomic E-state index is -3.81. The van der Waals surface area contributed by atoms with Gasteiger partial charge in [0.05, 0.1) is 18.2 Å². The van der Waals surface area contributed by atoms with Crippen LogP contribution in [-0.4, -0.2) is 44.9 Å². The molecule has 1 amide bonds. The molecule has 1 heterocycles. The lowest BCUT2D eigenvalue weighted by Crippen LogP contribution is -2.40. The van der Waals surface area contributed by atoms with Gasteiger partial charge in [0.15, 0.2) is 0 Å². The number of nitrogens with zero attached hydrogens (tertiary/aromatic N) is 1. The summed E-state index contributed by atoms with van der Waals surface area (Å²) in [6.45, 7) is 1.15. The number of hydrogen-bond acceptors (Lipinski definition) is 4. The summed E-state index contributed by atoms with van der Waals surface area (Å²) >= 11 is 12.0. The summed E-state index contributed by atoms with van der Waals surface area (Å²) in [4.78, 5) is 12.4. The Balaban J connectivity index is 1.88. The van der Waals surface area contributed by atoms with E-state index in [4.69, 9.17) is 27.9 Å². The molecule has 26 heavy (non-hydrogen) atoms. The molecule has 0 aromatic heterocycles. The molecule has 0 aliphatic carbocycles. The lowest BCUT2D eigenvalue weighted by atomic mass is 10.2. The quantitative estimate of drug-likeness (QED) is 0.832. The van der Waals surface area contributed by atoms with Crippen LogP contribution in [0.5, 0.6) is 0 Å². The zero-order valence-electron chi connectivity index (χ0n) is 13.6. The molecule has 0 spiro atoms. The fraction of sp³-hybridized carbons (Fsp3) is 0.235. The first-order valence-electron chi connectivity index (χ1n) is 7.82. The standard InChI is InChI=1S/C17H16Cl2N2O4S/c18-13-2-1-3-14(11-13)20-17(22)12-4-5-15(19)16(10-12)26(23,24)21-6-8-25-9-7-21/h1-5,10-11H,6-9H2,(H,20,22). The fourth-order valence-corrected chi connectivity index (χ4v) is 4.64. The molecular weight excluding hydrogens is 399 g/mol. The second-order valence-electron chi connectivity index (χ2n) is 5.63. The molecule has 1 aliphatic heterocycles. The van der Waals surface area contributed by atoms with Crippen LogP contribution in [0.4, 0.5) is 5.69 Å². The molecule has 6 nitrogen and oxygen atoms in total. The Labute approximate surface area is 161 Å². The fourth-order valence-electron chi connectivity index (χ4n) is 2.54. The van der Waals surface area contributed by atoms with Gasteiger partial charge >= 0.3 is 0 Å². The van der Waals surface area contributed by atoms with Crippen molar-refractivity contribution in [2.24, 2.45) is 0 Å². The third-order valence-electron chi connectivity index (χ3n) is 3.86. The predicted molar refractivity (Wildman–Crippen MR) is 100 cm³/mol. The van der Waals surface area contributed by atoms with Crippen LogP contribution in [0.1, 0.15) is 10.4 Å². The summed E-state index contributed by atoms with van der Waals surface area (Å²) in [7, 11) is -3.81. The average molecular weight is 415 g/mol. The van der Waals surface area contributed by atoms with Crippen LogP contribution in [-0.2, 0) is 14.8 Å². The number of carbonyl (C=O) groups is 1. The molecule has 9 heteroatoms. The van der Waals surface area contributed by atoms with Crippen LogP contribution in [0.15, 0.2) is 47.4 Å². The number of carbonyl (C=O) groups excluding carboxylic acids is 1. The predicted octanol–water partition coefficient (Wildman–Crippen LogP) is 3.27. The van der Waals surface area contributed by atoms with Crippen molar-refractivity contribution in [3.63, 3.8) is 0 Å². The van der Waals surface area contributed by atoms with Crippen LogP contribution >= 0.6 is 23.2 Å². The average Bonchev–Trinajstić information content (AvgIpc) is 2.62. The number of ether oxygens (including phenoxy) is 1. The van der Waals surface area contributed by atoms with Gasteiger partial charge in [0.2, 0.25) is 10.0 Å². The van der Waals surface area contributed by atoms with Crippen molar-refractivity contribution in [1.29, 1.82) is 0 Å². The maximum Gasteiger partial charge on any atom is 0.255 e. The van der Waals surface area contributed by atoms with Crippen molar-refractivity contribution < 1.29 is 17.9 Å². The number of sulfonamides is 1. The van der Waals surface area contributed by atoms with Gasteiger partial charge < -0.3 is 10.1 Å². The highest BCUT2D eigenvalue weighted by molar-refractivity contribution is 7.89. The molecule has 1 aliphatic rings. The lowest BCUT2D eigenvalue weighted by Gasteiger charge is -2.26. The van der Waals surface area contributed by atoms with Crippen LogP contribution < -0.4 is 5.32 Å². The van der Waals surface area contributed by atoms with Crippen molar-refractivity contribution in [2.45, 2.75) is 4.90 Å². The van der Waals surface area contributed by atoms with Gasteiger partial charge in [0.1, 0.15) is 4.90 Å². The Kier molecular flexibility index (Phi) is 5.84. The first kappa shape index (κ1) is 19.1. The molecule has 1 fully saturated rings. The van der Waals surface area contributed by atoms with Gasteiger partial charge in [-0.25, -0.2) is 8.42 Å². The SMILES string of the molecule is O=C(Nc1cccc(Cl)c1)c1ccc(Cl)c(S(=O)(=O)N2CCOCC2)c1. The highest BCUT2D eigenvalue weighted by atomic mass is 35.5. The lowest BCUT2D eigenvalue weighted by molar-refractivity contribution is 0.0730. The maximum atomic E-state index is 12.8.